The first-order chi connectivity index (χ1) is 64.4. The highest BCUT2D eigenvalue weighted by Crippen LogP contribution is 2.61. The number of nitrogens with two attached hydrogens (primary N) is 6. The lowest BCUT2D eigenvalue weighted by Crippen LogP contribution is -2.47. The number of fused-ring (bicyclic) bond motifs is 15. The molecule has 9 saturated heterocycles. The third-order valence-corrected chi connectivity index (χ3v) is 29.8. The van der Waals surface area contributed by atoms with Crippen molar-refractivity contribution in [2.24, 2.45) is 0 Å². The van der Waals surface area contributed by atoms with Crippen LogP contribution in [0.4, 0.5) is 35.3 Å². The normalized spacial score (nSPS) is 37.4. The van der Waals surface area contributed by atoms with Crippen LogP contribution in [0.1, 0.15) is 42.9 Å². The van der Waals surface area contributed by atoms with E-state index in [1.807, 2.05) is 0 Å². The van der Waals surface area contributed by atoms with Crippen LogP contribution in [0.3, 0.4) is 0 Å². The van der Waals surface area contributed by atoms with Crippen molar-refractivity contribution in [1.82, 2.24) is 112 Å². The standard InChI is InChI=1S/C22H24N10O13P2.C21H25N9O12P2.C20H24N10O12P2S/c1-2-22-4-41-47(38,39)44-13-11(33)8(42-20(13)32-7-28-10-17(32)29-21(24)30-18(10)35)3-40-46(36,37)45-14(22)12(34)19(43-22)31-6-27-9-15(23)25-5-26-16(9)31;22-16-8-1-2-29(17(8)25-6-24-16)12-3-9-10(39-12)4-37-44(35,36)42-15-14(31)11(5-38-43(33,34)41-9)40-20(15)30-7-26-13-18(30)27-21(23)28-19(13)32;21-14-8-15(24-3-23-14)29(4-25-8)18-11(32)12-6(40-18)1-38-43(34,35)42-13-10(31)7(2-39-44(36,37)41-12)45-19(13)30-5-26-9-16(30)27-20(22)28-17(9)33/h1,5-8,11-14,19-20,33-34H,3-4H2,(H,36,37)(H,38,39)(H2,23,25,26)(H3,24,29,30,35);1-2,6-7,9-12,14-15,20,31H,3-5H2,(H,33,34)(H,35,36)(H2,22,24,25)(H3,23,27,28,32);3-7,10-13,18-19,31-32H,1-2H2,(H,34,35)(H,36,37)(H2,21,23,24)(H3,22,27,28,33)/t8-,11+,12?,13?,14-,19-,20-,22-;9-,10-,11-,12-,14+,15?,20-;6-,7-,10+,11?,12+,13?,18-,19-/m111/s1. The molecule has 9 aliphatic heterocycles. The number of terminal acetylenes is 1. The van der Waals surface area contributed by atoms with Gasteiger partial charge >= 0.3 is 46.9 Å². The van der Waals surface area contributed by atoms with Crippen LogP contribution in [-0.2, 0) is 105 Å². The molecule has 136 heavy (non-hydrogen) atoms. The number of anilines is 6. The van der Waals surface area contributed by atoms with Gasteiger partial charge in [0.25, 0.3) is 16.7 Å². The third kappa shape index (κ3) is 17.9. The molecular weight excluding hydrogens is 1970 g/mol. The van der Waals surface area contributed by atoms with Gasteiger partial charge in [-0.3, -0.25) is 106 Å². The highest BCUT2D eigenvalue weighted by molar-refractivity contribution is 8.00. The zero-order valence-electron chi connectivity index (χ0n) is 68.0. The minimum atomic E-state index is -5.27. The summed E-state index contributed by atoms with van der Waals surface area (Å²) in [4.78, 5) is 164. The smallest absolute Gasteiger partial charge is 0.389 e. The van der Waals surface area contributed by atoms with Crippen LogP contribution in [0, 0.1) is 12.3 Å². The Morgan fingerprint density at radius 1 is 0.404 bits per heavy atom. The van der Waals surface area contributed by atoms with Gasteiger partial charge in [-0.15, -0.1) is 18.2 Å². The number of phosphoric acid groups is 6. The first kappa shape index (κ1) is 94.7. The summed E-state index contributed by atoms with van der Waals surface area (Å²) in [7, 11) is -30.4. The molecule has 0 saturated carbocycles. The number of aliphatic hydroxyl groups is 5. The number of hydrogen-bond donors (Lipinski definition) is 20. The van der Waals surface area contributed by atoms with Gasteiger partial charge in [0.15, 0.2) is 86.9 Å². The maximum absolute atomic E-state index is 13.4. The molecule has 73 heteroatoms. The van der Waals surface area contributed by atoms with E-state index in [1.165, 1.54) is 39.0 Å². The molecular formula is C63H73N29O37P6S. The van der Waals surface area contributed by atoms with Gasteiger partial charge in [-0.05, 0) is 6.07 Å². The van der Waals surface area contributed by atoms with E-state index in [0.29, 0.717) is 11.0 Å². The number of nitrogen functional groups attached to an aromatic ring is 6. The van der Waals surface area contributed by atoms with E-state index in [1.54, 1.807) is 16.8 Å². The van der Waals surface area contributed by atoms with Gasteiger partial charge in [-0.2, -0.15) is 15.0 Å². The van der Waals surface area contributed by atoms with Crippen LogP contribution in [0.2, 0.25) is 0 Å². The predicted molar refractivity (Wildman–Crippen MR) is 445 cm³/mol. The van der Waals surface area contributed by atoms with Crippen LogP contribution < -0.4 is 51.1 Å². The maximum Gasteiger partial charge on any atom is 0.472 e. The fourth-order valence-corrected chi connectivity index (χ4v) is 23.6. The maximum atomic E-state index is 13.4. The molecule has 21 rings (SSSR count). The SMILES string of the molecule is C#C[C@@]12COP(=O)(O)OC3[C@@H](O)[C@@H](COP(=O)(O)O[C@@H]1C(O)[C@H](n1cnc4c(N)ncnc41)O2)O[C@H]3n1cnc2c(=O)[nH]c(N)nc21.Nc1nc2c(ncn2[C@@H]2O[C@@H]3COP(=O)(O)O[C@@H]4C[C@H](n5ccc6c(N)ncnc65)O[C@@H]4COP(=O)(O)OC2[C@H]3O)c(=O)[nH]1.Nc1nc2c(ncn2[C@@H]2S[C@@H]3COP(=O)(O)O[C@@H]4C(O)[C@H](n5cnc6c(N)ncnc65)O[C@@H]4COP(=O)(O)OC2[C@H]3O)c(=O)[nH]1. The fourth-order valence-electron chi connectivity index (χ4n) is 16.2. The predicted octanol–water partition coefficient (Wildman–Crippen LogP) is -4.67. The molecule has 6 bridgehead atoms. The van der Waals surface area contributed by atoms with Gasteiger partial charge in [0.2, 0.25) is 17.8 Å². The summed E-state index contributed by atoms with van der Waals surface area (Å²) in [5, 5.41) is 54.0. The highest BCUT2D eigenvalue weighted by atomic mass is 32.2. The van der Waals surface area contributed by atoms with Crippen LogP contribution in [0.15, 0.2) is 77.3 Å². The molecule has 11 unspecified atom stereocenters. The molecule has 12 aromatic heterocycles. The van der Waals surface area contributed by atoms with Crippen molar-refractivity contribution in [3.8, 4) is 12.3 Å². The van der Waals surface area contributed by atoms with Crippen molar-refractivity contribution in [3.63, 3.8) is 0 Å². The summed E-state index contributed by atoms with van der Waals surface area (Å²) in [6.07, 6.45) is -13.9. The summed E-state index contributed by atoms with van der Waals surface area (Å²) in [6.45, 7) is -4.76. The number of rotatable bonds is 6. The number of aliphatic hydroxyl groups excluding tert-OH is 5. The molecule has 0 aliphatic carbocycles. The number of nitrogens with zero attached hydrogens (tertiary/aromatic N) is 20. The van der Waals surface area contributed by atoms with Gasteiger partial charge in [-0.1, -0.05) is 5.92 Å². The van der Waals surface area contributed by atoms with Crippen molar-refractivity contribution in [2.75, 3.05) is 74.0 Å². The Balaban J connectivity index is 0.000000131. The lowest BCUT2D eigenvalue weighted by molar-refractivity contribution is -0.0961. The van der Waals surface area contributed by atoms with Crippen LogP contribution in [0.25, 0.3) is 66.9 Å². The Hall–Kier alpha value is -10.3. The molecule has 21 heterocycles. The summed E-state index contributed by atoms with van der Waals surface area (Å²) in [5.41, 5.74) is 30.4. The van der Waals surface area contributed by atoms with E-state index in [4.69, 9.17) is 119 Å². The van der Waals surface area contributed by atoms with E-state index >= 15 is 0 Å². The van der Waals surface area contributed by atoms with Crippen molar-refractivity contribution in [1.29, 1.82) is 0 Å². The van der Waals surface area contributed by atoms with E-state index in [0.717, 1.165) is 46.2 Å². The molecule has 0 spiro atoms. The minimum absolute atomic E-state index is 0.00579. The molecule has 9 fully saturated rings. The van der Waals surface area contributed by atoms with E-state index in [-0.39, 0.29) is 97.5 Å². The second-order valence-corrected chi connectivity index (χ2v) is 40.6. The number of phosphoric ester groups is 6. The number of aromatic nitrogens is 23. The summed E-state index contributed by atoms with van der Waals surface area (Å²) in [6, 6.07) is 1.66. The Bertz CT molecular complexity index is 7250. The first-order valence-electron chi connectivity index (χ1n) is 39.3. The van der Waals surface area contributed by atoms with Gasteiger partial charge in [0.1, 0.15) is 145 Å². The minimum Gasteiger partial charge on any atom is -0.389 e. The molecule has 66 nitrogen and oxygen atoms in total. The van der Waals surface area contributed by atoms with Gasteiger partial charge in [0, 0.05) is 12.6 Å². The molecule has 26 N–H and O–H groups in total. The Morgan fingerprint density at radius 2 is 0.816 bits per heavy atom. The number of thioether (sulfide) groups is 1. The molecule has 0 radical (unpaired) electrons. The number of aromatic amines is 3. The Morgan fingerprint density at radius 3 is 1.34 bits per heavy atom. The molecule has 0 aromatic carbocycles. The van der Waals surface area contributed by atoms with Gasteiger partial charge in [0.05, 0.1) is 81.4 Å². The van der Waals surface area contributed by atoms with Gasteiger partial charge in [-0.25, -0.2) is 82.2 Å². The van der Waals surface area contributed by atoms with E-state index < -0.39 is 242 Å². The number of H-pyrrole nitrogens is 3. The van der Waals surface area contributed by atoms with Crippen LogP contribution >= 0.6 is 58.7 Å². The second kappa shape index (κ2) is 35.6. The molecule has 9 aliphatic rings. The summed E-state index contributed by atoms with van der Waals surface area (Å²) in [5.74, 6) is 1.64. The first-order valence-corrected chi connectivity index (χ1v) is 49.2. The average molecular weight is 2050 g/mol. The second-order valence-electron chi connectivity index (χ2n) is 30.8. The molecule has 0 amide bonds. The quantitative estimate of drug-likeness (QED) is 0.0550. The van der Waals surface area contributed by atoms with Crippen molar-refractivity contribution < 1.29 is 160 Å². The topological polar surface area (TPSA) is 947 Å². The molecule has 728 valence electrons. The largest absolute Gasteiger partial charge is 0.472 e. The highest BCUT2D eigenvalue weighted by Gasteiger charge is 2.62. The number of nitrogens with one attached hydrogen (secondary N) is 3. The molecule has 29 atom stereocenters. The number of imidazole rings is 5. The van der Waals surface area contributed by atoms with Crippen molar-refractivity contribution in [2.45, 2.75) is 145 Å². The zero-order chi connectivity index (χ0) is 96.3. The van der Waals surface area contributed by atoms with Crippen molar-refractivity contribution in [3.05, 3.63) is 93.9 Å². The lowest BCUT2D eigenvalue weighted by Gasteiger charge is -2.31. The zero-order valence-corrected chi connectivity index (χ0v) is 74.2. The Kier molecular flexibility index (Phi) is 24.8. The Labute approximate surface area is 755 Å². The number of ether oxygens (including phenoxy) is 5. The molecule has 12 aromatic rings. The van der Waals surface area contributed by atoms with Crippen molar-refractivity contribution >= 4 is 161 Å². The van der Waals surface area contributed by atoms with Crippen LogP contribution in [-0.4, -0.2) is 309 Å². The van der Waals surface area contributed by atoms with Gasteiger partial charge < -0.3 is 118 Å². The average Bonchev–Trinajstić information content (AvgIpc) is 1.58. The number of hydrogen-bond acceptors (Lipinski definition) is 52. The summed E-state index contributed by atoms with van der Waals surface area (Å²) < 4.78 is 179. The monoisotopic (exact) mass is 2050 g/mol. The van der Waals surface area contributed by atoms with E-state index in [2.05, 4.69) is 90.6 Å². The fraction of sp³-hybridized carbons (Fsp3) is 0.476. The van der Waals surface area contributed by atoms with E-state index in [9.17, 15) is 96.7 Å². The van der Waals surface area contributed by atoms with Crippen LogP contribution in [0.5, 0.6) is 0 Å². The lowest BCUT2D eigenvalue weighted by atomic mass is 9.97. The third-order valence-electron chi connectivity index (χ3n) is 22.4. The summed E-state index contributed by atoms with van der Waals surface area (Å²) >= 11 is 0.908.